The fourth-order valence-corrected chi connectivity index (χ4v) is 5.12. The highest BCUT2D eigenvalue weighted by atomic mass is 16.5. The molecular formula is C28H36N2O8. The Labute approximate surface area is 223 Å². The molecule has 0 bridgehead atoms. The van der Waals surface area contributed by atoms with Gasteiger partial charge in [0.1, 0.15) is 18.2 Å². The third-order valence-electron chi connectivity index (χ3n) is 6.85. The van der Waals surface area contributed by atoms with Crippen LogP contribution in [-0.4, -0.2) is 105 Å². The number of carboxylic acid groups (broad SMARTS) is 1. The Bertz CT molecular complexity index is 1030. The molecule has 2 aromatic rings. The van der Waals surface area contributed by atoms with Crippen LogP contribution in [0.3, 0.4) is 0 Å². The van der Waals surface area contributed by atoms with E-state index in [9.17, 15) is 19.5 Å². The highest BCUT2D eigenvalue weighted by molar-refractivity contribution is 6.38. The van der Waals surface area contributed by atoms with Crippen LogP contribution in [0, 0.1) is 0 Å². The van der Waals surface area contributed by atoms with Crippen LogP contribution < -0.4 is 0 Å². The normalized spacial score (nSPS) is 21.7. The molecule has 0 saturated carbocycles. The van der Waals surface area contributed by atoms with E-state index in [0.29, 0.717) is 5.56 Å². The van der Waals surface area contributed by atoms with E-state index in [0.717, 1.165) is 10.5 Å². The molecule has 38 heavy (non-hydrogen) atoms. The first kappa shape index (κ1) is 29.2. The molecule has 0 radical (unpaired) electrons. The summed E-state index contributed by atoms with van der Waals surface area (Å²) in [6, 6.07) is 15.4. The number of hydrogen-bond acceptors (Lipinski definition) is 7. The van der Waals surface area contributed by atoms with Crippen molar-refractivity contribution in [1.29, 1.82) is 0 Å². The van der Waals surface area contributed by atoms with E-state index >= 15 is 0 Å². The largest absolute Gasteiger partial charge is 0.465 e. The van der Waals surface area contributed by atoms with Crippen molar-refractivity contribution in [3.05, 3.63) is 71.8 Å². The van der Waals surface area contributed by atoms with E-state index in [1.54, 1.807) is 48.5 Å². The fraction of sp³-hybridized carbons (Fsp3) is 0.464. The van der Waals surface area contributed by atoms with Crippen molar-refractivity contribution in [2.75, 3.05) is 41.7 Å². The summed E-state index contributed by atoms with van der Waals surface area (Å²) in [6.45, 7) is 0.123. The zero-order chi connectivity index (χ0) is 27.7. The molecule has 1 N–H and O–H groups in total. The van der Waals surface area contributed by atoms with Crippen molar-refractivity contribution in [3.63, 3.8) is 0 Å². The summed E-state index contributed by atoms with van der Waals surface area (Å²) in [4.78, 5) is 42.9. The number of amides is 2. The molecule has 1 aliphatic rings. The first-order valence-electron chi connectivity index (χ1n) is 12.3. The average molecular weight is 529 g/mol. The molecule has 1 heterocycles. The highest BCUT2D eigenvalue weighted by Crippen LogP contribution is 2.31. The van der Waals surface area contributed by atoms with Crippen molar-refractivity contribution < 1.29 is 38.4 Å². The molecule has 2 aromatic carbocycles. The lowest BCUT2D eigenvalue weighted by Crippen LogP contribution is -2.56. The molecule has 10 nitrogen and oxygen atoms in total. The van der Waals surface area contributed by atoms with Crippen LogP contribution in [0.2, 0.25) is 0 Å². The van der Waals surface area contributed by atoms with Crippen molar-refractivity contribution in [2.45, 2.75) is 43.3 Å². The summed E-state index contributed by atoms with van der Waals surface area (Å²) >= 11 is 0. The Morgan fingerprint density at radius 1 is 0.816 bits per heavy atom. The van der Waals surface area contributed by atoms with Gasteiger partial charge in [-0.15, -0.1) is 0 Å². The molecule has 206 valence electrons. The van der Waals surface area contributed by atoms with Gasteiger partial charge in [0.2, 0.25) is 5.78 Å². The maximum absolute atomic E-state index is 14.0. The van der Waals surface area contributed by atoms with Crippen molar-refractivity contribution in [2.24, 2.45) is 0 Å². The number of rotatable bonds is 13. The first-order chi connectivity index (χ1) is 18.4. The molecule has 3 rings (SSSR count). The number of ether oxygens (including phenoxy) is 4. The molecule has 2 amide bonds. The third kappa shape index (κ3) is 6.57. The maximum Gasteiger partial charge on any atom is 0.408 e. The van der Waals surface area contributed by atoms with Gasteiger partial charge in [0.05, 0.1) is 25.3 Å². The smallest absolute Gasteiger partial charge is 0.408 e. The van der Waals surface area contributed by atoms with Gasteiger partial charge in [-0.25, -0.2) is 4.79 Å². The van der Waals surface area contributed by atoms with Crippen LogP contribution in [-0.2, 0) is 41.5 Å². The van der Waals surface area contributed by atoms with Crippen LogP contribution in [0.4, 0.5) is 4.79 Å². The second kappa shape index (κ2) is 14.0. The van der Waals surface area contributed by atoms with Crippen molar-refractivity contribution in [3.8, 4) is 0 Å². The maximum atomic E-state index is 14.0. The van der Waals surface area contributed by atoms with Gasteiger partial charge in [-0.1, -0.05) is 60.7 Å². The number of methoxy groups -OCH3 is 4. The topological polar surface area (TPSA) is 115 Å². The minimum atomic E-state index is -1.30. The number of carbonyl (C=O) groups is 3. The van der Waals surface area contributed by atoms with Gasteiger partial charge in [0, 0.05) is 41.4 Å². The summed E-state index contributed by atoms with van der Waals surface area (Å²) in [6.07, 6.45) is -2.43. The molecular weight excluding hydrogens is 492 g/mol. The average Bonchev–Trinajstić information content (AvgIpc) is 3.23. The van der Waals surface area contributed by atoms with E-state index in [-0.39, 0.29) is 26.2 Å². The summed E-state index contributed by atoms with van der Waals surface area (Å²) in [5.74, 6) is -1.68. The molecule has 5 unspecified atom stereocenters. The zero-order valence-corrected chi connectivity index (χ0v) is 22.2. The number of Topliss-reactive ketones (excluding diaryl/α,β-unsaturated/α-hetero) is 1. The lowest BCUT2D eigenvalue weighted by atomic mass is 9.99. The molecule has 1 aliphatic heterocycles. The van der Waals surface area contributed by atoms with E-state index in [2.05, 4.69) is 0 Å². The van der Waals surface area contributed by atoms with Gasteiger partial charge >= 0.3 is 6.09 Å². The van der Waals surface area contributed by atoms with Crippen LogP contribution >= 0.6 is 0 Å². The Morgan fingerprint density at radius 2 is 1.29 bits per heavy atom. The monoisotopic (exact) mass is 528 g/mol. The predicted octanol–water partition coefficient (Wildman–Crippen LogP) is 2.25. The van der Waals surface area contributed by atoms with Gasteiger partial charge in [-0.3, -0.25) is 14.5 Å². The highest BCUT2D eigenvalue weighted by Gasteiger charge is 2.54. The summed E-state index contributed by atoms with van der Waals surface area (Å²) in [5.41, 5.74) is 1.42. The number of likely N-dealkylation sites (tertiary alicyclic amines) is 1. The third-order valence-corrected chi connectivity index (χ3v) is 6.85. The Balaban J connectivity index is 2.02. The molecule has 5 atom stereocenters. The van der Waals surface area contributed by atoms with Gasteiger partial charge in [0.15, 0.2) is 0 Å². The number of carbonyl (C=O) groups excluding carboxylic acids is 2. The summed E-state index contributed by atoms with van der Waals surface area (Å²) in [5, 5.41) is 10.2. The van der Waals surface area contributed by atoms with Gasteiger partial charge < -0.3 is 29.0 Å². The number of ketones is 1. The van der Waals surface area contributed by atoms with Crippen LogP contribution in [0.1, 0.15) is 11.1 Å². The second-order valence-electron chi connectivity index (χ2n) is 9.12. The molecule has 0 spiro atoms. The predicted molar refractivity (Wildman–Crippen MR) is 139 cm³/mol. The number of nitrogens with zero attached hydrogens (tertiary/aromatic N) is 2. The number of hydrogen-bond donors (Lipinski definition) is 1. The van der Waals surface area contributed by atoms with Crippen LogP contribution in [0.25, 0.3) is 0 Å². The quantitative estimate of drug-likeness (QED) is 0.394. The summed E-state index contributed by atoms with van der Waals surface area (Å²) < 4.78 is 22.1. The zero-order valence-electron chi connectivity index (χ0n) is 22.2. The van der Waals surface area contributed by atoms with Gasteiger partial charge in [0.25, 0.3) is 5.91 Å². The first-order valence-corrected chi connectivity index (χ1v) is 12.3. The molecule has 0 aromatic heterocycles. The van der Waals surface area contributed by atoms with E-state index in [1.807, 2.05) is 12.1 Å². The van der Waals surface area contributed by atoms with E-state index in [4.69, 9.17) is 18.9 Å². The second-order valence-corrected chi connectivity index (χ2v) is 9.12. The lowest BCUT2D eigenvalue weighted by molar-refractivity contribution is -0.151. The minimum absolute atomic E-state index is 0.0314. The van der Waals surface area contributed by atoms with Crippen molar-refractivity contribution in [1.82, 2.24) is 9.80 Å². The van der Waals surface area contributed by atoms with Crippen molar-refractivity contribution >= 4 is 17.8 Å². The summed E-state index contributed by atoms with van der Waals surface area (Å²) in [7, 11) is 5.99. The van der Waals surface area contributed by atoms with Crippen LogP contribution in [0.5, 0.6) is 0 Å². The Kier molecular flexibility index (Phi) is 10.8. The van der Waals surface area contributed by atoms with Gasteiger partial charge in [-0.05, 0) is 11.1 Å². The SMILES string of the molecule is COCC1C(OC)C(OC)C(COC)N1C(=O)C(=O)C(Cc1ccccc1)N(Cc1ccccc1)C(=O)O. The molecule has 10 heteroatoms. The fourth-order valence-electron chi connectivity index (χ4n) is 5.12. The molecule has 1 saturated heterocycles. The van der Waals surface area contributed by atoms with E-state index < -0.39 is 48.1 Å². The Morgan fingerprint density at radius 3 is 1.71 bits per heavy atom. The number of benzene rings is 2. The van der Waals surface area contributed by atoms with E-state index in [1.165, 1.54) is 33.3 Å². The molecule has 0 aliphatic carbocycles. The Hall–Kier alpha value is -3.31. The lowest BCUT2D eigenvalue weighted by Gasteiger charge is -2.33. The minimum Gasteiger partial charge on any atom is -0.465 e. The van der Waals surface area contributed by atoms with Crippen LogP contribution in [0.15, 0.2) is 60.7 Å². The van der Waals surface area contributed by atoms with Gasteiger partial charge in [-0.2, -0.15) is 0 Å². The standard InChI is InChI=1S/C28H36N2O8/c1-35-17-22-25(37-3)26(38-4)23(18-36-2)30(22)27(32)24(31)21(15-19-11-7-5-8-12-19)29(28(33)34)16-20-13-9-6-10-14-20/h5-14,21-23,25-26H,15-18H2,1-4H3,(H,33,34). The molecule has 1 fully saturated rings.